The summed E-state index contributed by atoms with van der Waals surface area (Å²) in [4.78, 5) is 18.7. The molecule has 0 bridgehead atoms. The molecule has 1 saturated heterocycles. The quantitative estimate of drug-likeness (QED) is 0.675. The van der Waals surface area contributed by atoms with Gasteiger partial charge in [-0.3, -0.25) is 9.79 Å². The van der Waals surface area contributed by atoms with E-state index in [0.717, 1.165) is 34.2 Å². The van der Waals surface area contributed by atoms with Crippen LogP contribution >= 0.6 is 22.6 Å². The zero-order chi connectivity index (χ0) is 11.1. The van der Waals surface area contributed by atoms with Crippen molar-refractivity contribution in [3.63, 3.8) is 0 Å². The van der Waals surface area contributed by atoms with E-state index < -0.39 is 0 Å². The molecule has 0 radical (unpaired) electrons. The summed E-state index contributed by atoms with van der Waals surface area (Å²) in [5.74, 6) is 0.133. The van der Waals surface area contributed by atoms with Crippen LogP contribution in [0.25, 0.3) is 0 Å². The molecule has 82 valence electrons. The normalized spacial score (nSPS) is 22.9. The Bertz CT molecular complexity index is 484. The number of hydrogen-bond donors (Lipinski definition) is 0. The highest BCUT2D eigenvalue weighted by Gasteiger charge is 2.31. The average molecular weight is 326 g/mol. The van der Waals surface area contributed by atoms with Crippen molar-refractivity contribution in [1.29, 1.82) is 0 Å². The third-order valence-corrected chi connectivity index (χ3v) is 3.81. The molecule has 2 aliphatic heterocycles. The highest BCUT2D eigenvalue weighted by molar-refractivity contribution is 14.1. The lowest BCUT2D eigenvalue weighted by atomic mass is 10.1. The first-order valence-electron chi connectivity index (χ1n) is 5.40. The number of nitrogens with zero attached hydrogens (tertiary/aromatic N) is 2. The van der Waals surface area contributed by atoms with Crippen molar-refractivity contribution in [3.05, 3.63) is 27.3 Å². The second-order valence-corrected chi connectivity index (χ2v) is 5.39. The van der Waals surface area contributed by atoms with E-state index in [1.165, 1.54) is 0 Å². The first-order chi connectivity index (χ1) is 7.75. The summed E-state index contributed by atoms with van der Waals surface area (Å²) in [5.41, 5.74) is 1.55. The highest BCUT2D eigenvalue weighted by Crippen LogP contribution is 2.29. The topological polar surface area (TPSA) is 32.7 Å². The van der Waals surface area contributed by atoms with Gasteiger partial charge in [0.25, 0.3) is 5.91 Å². The molecule has 3 nitrogen and oxygen atoms in total. The number of carbonyl (C=O) groups excluding carboxylic acids is 1. The van der Waals surface area contributed by atoms with Crippen LogP contribution in [0.2, 0.25) is 0 Å². The Kier molecular flexibility index (Phi) is 2.46. The number of carbonyl (C=O) groups is 1. The van der Waals surface area contributed by atoms with Gasteiger partial charge in [-0.25, -0.2) is 0 Å². The van der Waals surface area contributed by atoms with Gasteiger partial charge < -0.3 is 4.90 Å². The van der Waals surface area contributed by atoms with Crippen LogP contribution in [-0.4, -0.2) is 29.6 Å². The highest BCUT2D eigenvalue weighted by atomic mass is 127. The predicted octanol–water partition coefficient (Wildman–Crippen LogP) is 2.61. The van der Waals surface area contributed by atoms with Gasteiger partial charge in [0.2, 0.25) is 0 Å². The number of amides is 1. The van der Waals surface area contributed by atoms with E-state index in [1.54, 1.807) is 0 Å². The predicted molar refractivity (Wildman–Crippen MR) is 71.4 cm³/mol. The Labute approximate surface area is 108 Å². The van der Waals surface area contributed by atoms with Gasteiger partial charge in [-0.2, -0.15) is 0 Å². The number of hydrogen-bond acceptors (Lipinski definition) is 2. The summed E-state index contributed by atoms with van der Waals surface area (Å²) in [6.45, 7) is 0.862. The zero-order valence-corrected chi connectivity index (χ0v) is 10.8. The molecule has 1 amide bonds. The molecule has 2 aliphatic rings. The van der Waals surface area contributed by atoms with Crippen LogP contribution in [0.15, 0.2) is 23.2 Å². The molecule has 3 rings (SSSR count). The minimum absolute atomic E-state index is 0.133. The molecular formula is C12H11IN2O. The monoisotopic (exact) mass is 326 g/mol. The Hall–Kier alpha value is -0.910. The molecule has 0 aromatic heterocycles. The largest absolute Gasteiger partial charge is 0.331 e. The minimum atomic E-state index is 0.133. The maximum absolute atomic E-state index is 12.3. The van der Waals surface area contributed by atoms with Crippen LogP contribution in [-0.2, 0) is 0 Å². The molecular weight excluding hydrogens is 315 g/mol. The van der Waals surface area contributed by atoms with Gasteiger partial charge in [0.15, 0.2) is 0 Å². The fourth-order valence-corrected chi connectivity index (χ4v) is 2.80. The van der Waals surface area contributed by atoms with Crippen molar-refractivity contribution in [2.75, 3.05) is 6.54 Å². The maximum Gasteiger partial charge on any atom is 0.256 e. The third-order valence-electron chi connectivity index (χ3n) is 3.13. The molecule has 1 atom stereocenters. The van der Waals surface area contributed by atoms with Crippen molar-refractivity contribution in [2.24, 2.45) is 4.99 Å². The number of benzene rings is 1. The lowest BCUT2D eigenvalue weighted by Crippen LogP contribution is -2.35. The Morgan fingerprint density at radius 2 is 2.31 bits per heavy atom. The molecule has 2 heterocycles. The van der Waals surface area contributed by atoms with Gasteiger partial charge in [0.05, 0.1) is 17.3 Å². The first kappa shape index (κ1) is 10.3. The number of fused-ring (bicyclic) bond motifs is 2. The van der Waals surface area contributed by atoms with E-state index in [4.69, 9.17) is 0 Å². The molecule has 16 heavy (non-hydrogen) atoms. The molecule has 1 aromatic carbocycles. The molecule has 0 spiro atoms. The van der Waals surface area contributed by atoms with Gasteiger partial charge in [-0.15, -0.1) is 0 Å². The molecule has 1 aromatic rings. The Morgan fingerprint density at radius 3 is 3.19 bits per heavy atom. The van der Waals surface area contributed by atoms with Gasteiger partial charge in [-0.05, 0) is 53.6 Å². The second kappa shape index (κ2) is 3.84. The Morgan fingerprint density at radius 1 is 1.44 bits per heavy atom. The molecule has 1 unspecified atom stereocenters. The van der Waals surface area contributed by atoms with E-state index in [1.807, 2.05) is 29.3 Å². The Balaban J connectivity index is 2.12. The van der Waals surface area contributed by atoms with E-state index in [9.17, 15) is 4.79 Å². The third kappa shape index (κ3) is 1.55. The van der Waals surface area contributed by atoms with E-state index in [-0.39, 0.29) is 11.9 Å². The van der Waals surface area contributed by atoms with E-state index >= 15 is 0 Å². The fourth-order valence-electron chi connectivity index (χ4n) is 2.31. The fraction of sp³-hybridized carbons (Fsp3) is 0.333. The van der Waals surface area contributed by atoms with Crippen LogP contribution in [0.3, 0.4) is 0 Å². The van der Waals surface area contributed by atoms with E-state index in [2.05, 4.69) is 27.6 Å². The first-order valence-corrected chi connectivity index (χ1v) is 6.48. The summed E-state index contributed by atoms with van der Waals surface area (Å²) >= 11 is 2.23. The lowest BCUT2D eigenvalue weighted by Gasteiger charge is -2.19. The summed E-state index contributed by atoms with van der Waals surface area (Å²) in [6.07, 6.45) is 4.05. The maximum atomic E-state index is 12.3. The van der Waals surface area contributed by atoms with Crippen LogP contribution in [0.4, 0.5) is 5.69 Å². The molecule has 1 fully saturated rings. The van der Waals surface area contributed by atoms with E-state index in [0.29, 0.717) is 0 Å². The van der Waals surface area contributed by atoms with Gasteiger partial charge >= 0.3 is 0 Å². The summed E-state index contributed by atoms with van der Waals surface area (Å²) in [7, 11) is 0. The van der Waals surface area contributed by atoms with Crippen molar-refractivity contribution < 1.29 is 4.79 Å². The van der Waals surface area contributed by atoms with Crippen molar-refractivity contribution >= 4 is 40.4 Å². The van der Waals surface area contributed by atoms with Crippen molar-refractivity contribution in [3.8, 4) is 0 Å². The average Bonchev–Trinajstić information content (AvgIpc) is 2.70. The summed E-state index contributed by atoms with van der Waals surface area (Å²) in [6, 6.07) is 6.04. The van der Waals surface area contributed by atoms with Crippen molar-refractivity contribution in [2.45, 2.75) is 18.9 Å². The lowest BCUT2D eigenvalue weighted by molar-refractivity contribution is 0.0775. The number of rotatable bonds is 0. The number of aliphatic imine (C=N–C) groups is 1. The van der Waals surface area contributed by atoms with Crippen LogP contribution < -0.4 is 0 Å². The van der Waals surface area contributed by atoms with Gasteiger partial charge in [0, 0.05) is 16.3 Å². The van der Waals surface area contributed by atoms with Gasteiger partial charge in [0.1, 0.15) is 0 Å². The second-order valence-electron chi connectivity index (χ2n) is 4.15. The molecule has 0 N–H and O–H groups in total. The zero-order valence-electron chi connectivity index (χ0n) is 8.69. The smallest absolute Gasteiger partial charge is 0.256 e. The minimum Gasteiger partial charge on any atom is -0.331 e. The SMILES string of the molecule is O=C1c2cc(I)ccc2N=CC2CCCN12. The van der Waals surface area contributed by atoms with Crippen molar-refractivity contribution in [1.82, 2.24) is 4.90 Å². The van der Waals surface area contributed by atoms with Gasteiger partial charge in [-0.1, -0.05) is 0 Å². The standard InChI is InChI=1S/C12H11IN2O/c13-8-3-4-11-10(6-8)12(16)15-5-1-2-9(15)7-14-11/h3-4,6-7,9H,1-2,5H2. The van der Waals surface area contributed by atoms with Crippen LogP contribution in [0.1, 0.15) is 23.2 Å². The molecule has 0 saturated carbocycles. The summed E-state index contributed by atoms with van der Waals surface area (Å²) < 4.78 is 1.08. The molecule has 0 aliphatic carbocycles. The number of halogens is 1. The summed E-state index contributed by atoms with van der Waals surface area (Å²) in [5, 5.41) is 0. The van der Waals surface area contributed by atoms with Crippen LogP contribution in [0, 0.1) is 3.57 Å². The van der Waals surface area contributed by atoms with Crippen LogP contribution in [0.5, 0.6) is 0 Å². The molecule has 4 heteroatoms.